The Balaban J connectivity index is 2.39. The molecule has 2 aliphatic rings. The van der Waals surface area contributed by atoms with E-state index in [1.807, 2.05) is 36.1 Å². The normalized spacial score (nSPS) is 26.2. The predicted octanol–water partition coefficient (Wildman–Crippen LogP) is 1.60. The third-order valence-electron chi connectivity index (χ3n) is 1.35. The Morgan fingerprint density at radius 2 is 2.27 bits per heavy atom. The molecular weight excluding hydrogens is 156 g/mol. The third kappa shape index (κ3) is 1.33. The molecule has 2 rings (SSSR count). The van der Waals surface area contributed by atoms with Crippen molar-refractivity contribution in [2.24, 2.45) is 9.39 Å². The van der Waals surface area contributed by atoms with Crippen LogP contribution < -0.4 is 0 Å². The van der Waals surface area contributed by atoms with Crippen LogP contribution in [0.4, 0.5) is 0 Å². The van der Waals surface area contributed by atoms with Gasteiger partial charge in [0.1, 0.15) is 0 Å². The molecule has 0 bridgehead atoms. The molecule has 2 nitrogen and oxygen atoms in total. The van der Waals surface area contributed by atoms with E-state index in [0.717, 1.165) is 0 Å². The first kappa shape index (κ1) is 6.61. The van der Waals surface area contributed by atoms with Crippen LogP contribution in [-0.2, 0) is 11.1 Å². The standard InChI is InChI=1S/C8H7N2S/c1-2-4-10-11-6-5-9-7-8(11)3-1/h1-7H/q+1. The van der Waals surface area contributed by atoms with Crippen molar-refractivity contribution in [2.75, 3.05) is 0 Å². The van der Waals surface area contributed by atoms with Crippen LogP contribution >= 0.6 is 0 Å². The number of hydrogen-bond acceptors (Lipinski definition) is 2. The van der Waals surface area contributed by atoms with Gasteiger partial charge in [-0.15, -0.1) is 0 Å². The van der Waals surface area contributed by atoms with Gasteiger partial charge in [-0.1, -0.05) is 10.5 Å². The van der Waals surface area contributed by atoms with Gasteiger partial charge in [0.25, 0.3) is 0 Å². The molecule has 0 saturated heterocycles. The minimum Gasteiger partial charge on any atom is -0.255 e. The third-order valence-corrected chi connectivity index (χ3v) is 2.80. The monoisotopic (exact) mass is 163 g/mol. The summed E-state index contributed by atoms with van der Waals surface area (Å²) in [5.74, 6) is 0. The summed E-state index contributed by atoms with van der Waals surface area (Å²) in [6.07, 6.45) is 11.4. The second kappa shape index (κ2) is 2.88. The molecular formula is C8H7N2S+. The van der Waals surface area contributed by atoms with Gasteiger partial charge in [-0.25, -0.2) is 0 Å². The molecule has 0 spiro atoms. The summed E-state index contributed by atoms with van der Waals surface area (Å²) in [4.78, 5) is 5.21. The Labute approximate surface area is 68.2 Å². The van der Waals surface area contributed by atoms with Gasteiger partial charge in [-0.2, -0.15) is 0 Å². The molecule has 0 fully saturated rings. The van der Waals surface area contributed by atoms with Crippen molar-refractivity contribution in [3.63, 3.8) is 0 Å². The largest absolute Gasteiger partial charge is 0.255 e. The maximum absolute atomic E-state index is 4.31. The summed E-state index contributed by atoms with van der Waals surface area (Å²) in [6.45, 7) is 0. The van der Waals surface area contributed by atoms with Crippen molar-refractivity contribution in [1.29, 1.82) is 0 Å². The smallest absolute Gasteiger partial charge is 0.207 e. The minimum atomic E-state index is -0.0818. The van der Waals surface area contributed by atoms with Gasteiger partial charge in [-0.3, -0.25) is 4.99 Å². The fourth-order valence-electron chi connectivity index (χ4n) is 0.851. The maximum atomic E-state index is 4.31. The summed E-state index contributed by atoms with van der Waals surface area (Å²) < 4.78 is 4.31. The highest BCUT2D eigenvalue weighted by atomic mass is 32.2. The average Bonchev–Trinajstić information content (AvgIpc) is 2.28. The molecule has 0 aromatic carbocycles. The number of allylic oxidation sites excluding steroid dienone is 4. The molecule has 0 amide bonds. The molecule has 3 heteroatoms. The van der Waals surface area contributed by atoms with E-state index in [4.69, 9.17) is 0 Å². The van der Waals surface area contributed by atoms with E-state index in [9.17, 15) is 0 Å². The Hall–Kier alpha value is -1.09. The van der Waals surface area contributed by atoms with Crippen LogP contribution in [0.1, 0.15) is 0 Å². The molecule has 0 aromatic heterocycles. The van der Waals surface area contributed by atoms with Gasteiger partial charge >= 0.3 is 0 Å². The molecule has 11 heavy (non-hydrogen) atoms. The van der Waals surface area contributed by atoms with Crippen molar-refractivity contribution in [2.45, 2.75) is 0 Å². The zero-order chi connectivity index (χ0) is 7.52. The van der Waals surface area contributed by atoms with E-state index >= 15 is 0 Å². The Bertz CT molecular complexity index is 297. The van der Waals surface area contributed by atoms with Gasteiger partial charge < -0.3 is 0 Å². The van der Waals surface area contributed by atoms with E-state index in [-0.39, 0.29) is 11.1 Å². The highest BCUT2D eigenvalue weighted by Gasteiger charge is 2.22. The van der Waals surface area contributed by atoms with Gasteiger partial charge in [0.15, 0.2) is 16.5 Å². The van der Waals surface area contributed by atoms with Gasteiger partial charge in [0.2, 0.25) is 4.91 Å². The lowest BCUT2D eigenvalue weighted by atomic mass is 10.4. The van der Waals surface area contributed by atoms with E-state index < -0.39 is 0 Å². The van der Waals surface area contributed by atoms with Crippen molar-refractivity contribution >= 4 is 23.5 Å². The summed E-state index contributed by atoms with van der Waals surface area (Å²) in [7, 11) is 0. The topological polar surface area (TPSA) is 24.7 Å². The Kier molecular flexibility index (Phi) is 1.73. The highest BCUT2D eigenvalue weighted by molar-refractivity contribution is 8.03. The fraction of sp³-hybridized carbons (Fsp3) is 0. The lowest BCUT2D eigenvalue weighted by Gasteiger charge is -1.95. The Morgan fingerprint density at radius 1 is 1.27 bits per heavy atom. The van der Waals surface area contributed by atoms with Crippen molar-refractivity contribution in [1.82, 2.24) is 0 Å². The summed E-state index contributed by atoms with van der Waals surface area (Å²) in [5, 5.41) is 2.01. The molecule has 2 heterocycles. The van der Waals surface area contributed by atoms with E-state index in [1.54, 1.807) is 6.20 Å². The van der Waals surface area contributed by atoms with Crippen molar-refractivity contribution in [3.8, 4) is 0 Å². The van der Waals surface area contributed by atoms with Crippen LogP contribution in [0.5, 0.6) is 0 Å². The lowest BCUT2D eigenvalue weighted by molar-refractivity contribution is 1.59. The van der Waals surface area contributed by atoms with Crippen LogP contribution in [0.3, 0.4) is 0 Å². The summed E-state index contributed by atoms with van der Waals surface area (Å²) in [5.41, 5.74) is 0. The first-order valence-corrected chi connectivity index (χ1v) is 4.55. The molecule has 2 aliphatic heterocycles. The summed E-state index contributed by atoms with van der Waals surface area (Å²) in [6, 6.07) is 0. The lowest BCUT2D eigenvalue weighted by Crippen LogP contribution is -2.01. The van der Waals surface area contributed by atoms with Crippen LogP contribution in [0.15, 0.2) is 44.1 Å². The quantitative estimate of drug-likeness (QED) is 0.485. The van der Waals surface area contributed by atoms with E-state index in [2.05, 4.69) is 9.39 Å². The van der Waals surface area contributed by atoms with Crippen molar-refractivity contribution < 1.29 is 0 Å². The molecule has 0 saturated carbocycles. The zero-order valence-electron chi connectivity index (χ0n) is 5.84. The first-order valence-electron chi connectivity index (χ1n) is 3.31. The van der Waals surface area contributed by atoms with E-state index in [0.29, 0.717) is 0 Å². The van der Waals surface area contributed by atoms with Gasteiger partial charge in [-0.05, 0) is 12.2 Å². The van der Waals surface area contributed by atoms with E-state index in [1.165, 1.54) is 4.91 Å². The fourth-order valence-corrected chi connectivity index (χ4v) is 1.97. The number of rotatable bonds is 0. The second-order valence-electron chi connectivity index (χ2n) is 2.09. The predicted molar refractivity (Wildman–Crippen MR) is 50.7 cm³/mol. The minimum absolute atomic E-state index is 0.0818. The second-order valence-corrected chi connectivity index (χ2v) is 3.67. The van der Waals surface area contributed by atoms with Gasteiger partial charge in [0.05, 0.1) is 18.6 Å². The maximum Gasteiger partial charge on any atom is 0.207 e. The molecule has 1 atom stereocenters. The van der Waals surface area contributed by atoms with Crippen LogP contribution in [0.2, 0.25) is 0 Å². The number of nitrogens with zero attached hydrogens (tertiary/aromatic N) is 2. The van der Waals surface area contributed by atoms with Crippen LogP contribution in [0.25, 0.3) is 0 Å². The molecule has 0 N–H and O–H groups in total. The molecule has 0 aromatic rings. The zero-order valence-corrected chi connectivity index (χ0v) is 6.66. The number of aliphatic imine (C=N–C) groups is 1. The Morgan fingerprint density at radius 3 is 3.27 bits per heavy atom. The molecule has 1 unspecified atom stereocenters. The van der Waals surface area contributed by atoms with Gasteiger partial charge in [0, 0.05) is 0 Å². The molecule has 0 aliphatic carbocycles. The number of hydrogen-bond donors (Lipinski definition) is 0. The molecule has 0 radical (unpaired) electrons. The average molecular weight is 163 g/mol. The molecule has 54 valence electrons. The van der Waals surface area contributed by atoms with Crippen LogP contribution in [-0.4, -0.2) is 12.4 Å². The number of fused-ring (bicyclic) bond motifs is 1. The SMILES string of the molecule is C1=CC=C2C=NC=C[S+]2N=C1. The van der Waals surface area contributed by atoms with Crippen molar-refractivity contribution in [3.05, 3.63) is 34.7 Å². The van der Waals surface area contributed by atoms with Crippen LogP contribution in [0, 0.1) is 0 Å². The summed E-state index contributed by atoms with van der Waals surface area (Å²) >= 11 is -0.0818. The highest BCUT2D eigenvalue weighted by Crippen LogP contribution is 2.17. The first-order chi connectivity index (χ1) is 5.47.